The molecule has 0 bridgehead atoms. The van der Waals surface area contributed by atoms with E-state index >= 15 is 0 Å². The predicted molar refractivity (Wildman–Crippen MR) is 82.5 cm³/mol. The van der Waals surface area contributed by atoms with Gasteiger partial charge in [0.05, 0.1) is 5.56 Å². The molecule has 2 aromatic heterocycles. The molecule has 21 heavy (non-hydrogen) atoms. The lowest BCUT2D eigenvalue weighted by Crippen LogP contribution is -2.21. The van der Waals surface area contributed by atoms with Gasteiger partial charge in [0.25, 0.3) is 5.91 Å². The fourth-order valence-corrected chi connectivity index (χ4v) is 2.58. The van der Waals surface area contributed by atoms with E-state index in [1.54, 1.807) is 17.8 Å². The molecule has 1 atom stereocenters. The van der Waals surface area contributed by atoms with E-state index in [0.29, 0.717) is 16.7 Å². The van der Waals surface area contributed by atoms with E-state index in [0.717, 1.165) is 25.1 Å². The minimum atomic E-state index is -0.230. The summed E-state index contributed by atoms with van der Waals surface area (Å²) in [5, 5.41) is 14.0. The molecule has 0 aromatic carbocycles. The van der Waals surface area contributed by atoms with E-state index in [-0.39, 0.29) is 5.91 Å². The second-order valence-corrected chi connectivity index (χ2v) is 5.59. The van der Waals surface area contributed by atoms with E-state index in [1.807, 2.05) is 6.07 Å². The van der Waals surface area contributed by atoms with Gasteiger partial charge in [-0.05, 0) is 31.4 Å². The molecule has 1 unspecified atom stereocenters. The Morgan fingerprint density at radius 3 is 2.95 bits per heavy atom. The lowest BCUT2D eigenvalue weighted by Gasteiger charge is -2.19. The smallest absolute Gasteiger partial charge is 0.259 e. The second-order valence-electron chi connectivity index (χ2n) is 4.76. The summed E-state index contributed by atoms with van der Waals surface area (Å²) in [6, 6.07) is 4.00. The molecular weight excluding hydrogens is 286 g/mol. The third kappa shape index (κ3) is 3.63. The fraction of sp³-hybridized carbons (Fsp3) is 0.286. The van der Waals surface area contributed by atoms with E-state index < -0.39 is 0 Å². The highest BCUT2D eigenvalue weighted by Gasteiger charge is 2.11. The number of hydrogen-bond donors (Lipinski definition) is 2. The molecule has 7 heteroatoms. The number of anilines is 2. The van der Waals surface area contributed by atoms with Gasteiger partial charge >= 0.3 is 0 Å². The molecule has 1 aliphatic carbocycles. The van der Waals surface area contributed by atoms with Gasteiger partial charge in [0.2, 0.25) is 5.13 Å². The van der Waals surface area contributed by atoms with Crippen LogP contribution in [0.5, 0.6) is 0 Å². The van der Waals surface area contributed by atoms with Crippen LogP contribution in [0.2, 0.25) is 0 Å². The summed E-state index contributed by atoms with van der Waals surface area (Å²) in [5.74, 6) is 0.564. The highest BCUT2D eigenvalue weighted by molar-refractivity contribution is 7.13. The molecule has 0 fully saturated rings. The molecule has 2 N–H and O–H groups in total. The zero-order valence-electron chi connectivity index (χ0n) is 11.3. The zero-order chi connectivity index (χ0) is 14.5. The average molecular weight is 301 g/mol. The van der Waals surface area contributed by atoms with Crippen LogP contribution in [-0.2, 0) is 0 Å². The van der Waals surface area contributed by atoms with Crippen molar-refractivity contribution in [3.63, 3.8) is 0 Å². The predicted octanol–water partition coefficient (Wildman–Crippen LogP) is 2.71. The topological polar surface area (TPSA) is 79.8 Å². The first-order chi connectivity index (χ1) is 10.3. The number of nitrogens with one attached hydrogen (secondary N) is 2. The molecule has 3 rings (SSSR count). The largest absolute Gasteiger partial charge is 0.367 e. The summed E-state index contributed by atoms with van der Waals surface area (Å²) in [4.78, 5) is 16.3. The Balaban J connectivity index is 1.60. The molecule has 1 amide bonds. The maximum Gasteiger partial charge on any atom is 0.259 e. The first-order valence-electron chi connectivity index (χ1n) is 6.76. The van der Waals surface area contributed by atoms with Crippen LogP contribution in [0.15, 0.2) is 36.0 Å². The third-order valence-electron chi connectivity index (χ3n) is 3.23. The summed E-state index contributed by atoms with van der Waals surface area (Å²) in [6.45, 7) is 0. The van der Waals surface area contributed by atoms with Crippen LogP contribution in [0.3, 0.4) is 0 Å². The van der Waals surface area contributed by atoms with Crippen molar-refractivity contribution in [1.29, 1.82) is 0 Å². The third-order valence-corrected chi connectivity index (χ3v) is 3.83. The molecule has 2 aromatic rings. The fourth-order valence-electron chi connectivity index (χ4n) is 2.14. The lowest BCUT2D eigenvalue weighted by atomic mass is 10.0. The summed E-state index contributed by atoms with van der Waals surface area (Å²) in [5.41, 5.74) is 2.07. The highest BCUT2D eigenvalue weighted by Crippen LogP contribution is 2.16. The Morgan fingerprint density at radius 2 is 2.29 bits per heavy atom. The number of hydrogen-bond acceptors (Lipinski definition) is 6. The van der Waals surface area contributed by atoms with Gasteiger partial charge < -0.3 is 5.32 Å². The van der Waals surface area contributed by atoms with Crippen molar-refractivity contribution in [2.24, 2.45) is 0 Å². The van der Waals surface area contributed by atoms with Crippen LogP contribution in [0.25, 0.3) is 0 Å². The molecule has 0 spiro atoms. The maximum atomic E-state index is 12.0. The van der Waals surface area contributed by atoms with Crippen LogP contribution in [0.4, 0.5) is 10.9 Å². The Kier molecular flexibility index (Phi) is 4.20. The average Bonchev–Trinajstić information content (AvgIpc) is 3.02. The van der Waals surface area contributed by atoms with Gasteiger partial charge in [0.1, 0.15) is 11.3 Å². The summed E-state index contributed by atoms with van der Waals surface area (Å²) >= 11 is 1.28. The van der Waals surface area contributed by atoms with Crippen molar-refractivity contribution in [3.8, 4) is 0 Å². The quantitative estimate of drug-likeness (QED) is 0.849. The molecule has 2 heterocycles. The molecule has 1 aliphatic rings. The highest BCUT2D eigenvalue weighted by atomic mass is 32.1. The number of aromatic nitrogens is 3. The Hall–Kier alpha value is -2.28. The number of nitrogens with zero attached hydrogens (tertiary/aromatic N) is 3. The minimum absolute atomic E-state index is 0.230. The van der Waals surface area contributed by atoms with E-state index in [2.05, 4.69) is 38.0 Å². The lowest BCUT2D eigenvalue weighted by molar-refractivity contribution is 0.102. The molecule has 108 valence electrons. The molecule has 0 radical (unpaired) electrons. The van der Waals surface area contributed by atoms with Gasteiger partial charge in [0, 0.05) is 12.2 Å². The summed E-state index contributed by atoms with van der Waals surface area (Å²) in [7, 11) is 0. The first-order valence-corrected chi connectivity index (χ1v) is 7.64. The number of amides is 1. The summed E-state index contributed by atoms with van der Waals surface area (Å²) < 4.78 is 0. The van der Waals surface area contributed by atoms with Crippen molar-refractivity contribution >= 4 is 28.2 Å². The number of allylic oxidation sites excluding steroid dienone is 1. The monoisotopic (exact) mass is 301 g/mol. The number of rotatable bonds is 4. The number of pyridine rings is 1. The summed E-state index contributed by atoms with van der Waals surface area (Å²) in [6.07, 6.45) is 9.17. The van der Waals surface area contributed by atoms with Crippen LogP contribution < -0.4 is 10.6 Å². The van der Waals surface area contributed by atoms with Crippen LogP contribution in [0.1, 0.15) is 29.6 Å². The first kappa shape index (κ1) is 13.7. The van der Waals surface area contributed by atoms with Gasteiger partial charge in [-0.15, -0.1) is 10.2 Å². The SMILES string of the molecule is O=C(Nc1nncs1)c1ccc(NC2CC=CCC2)nc1. The van der Waals surface area contributed by atoms with E-state index in [1.165, 1.54) is 11.3 Å². The molecule has 0 aliphatic heterocycles. The molecule has 0 saturated carbocycles. The number of carbonyl (C=O) groups is 1. The van der Waals surface area contributed by atoms with Gasteiger partial charge in [-0.25, -0.2) is 4.98 Å². The van der Waals surface area contributed by atoms with Crippen LogP contribution in [-0.4, -0.2) is 27.1 Å². The molecule has 0 saturated heterocycles. The number of carbonyl (C=O) groups excluding carboxylic acids is 1. The second kappa shape index (κ2) is 6.45. The zero-order valence-corrected chi connectivity index (χ0v) is 12.1. The van der Waals surface area contributed by atoms with Gasteiger partial charge in [0.15, 0.2) is 0 Å². The Labute approximate surface area is 126 Å². The van der Waals surface area contributed by atoms with Gasteiger partial charge in [-0.2, -0.15) is 0 Å². The van der Waals surface area contributed by atoms with Gasteiger partial charge in [-0.3, -0.25) is 10.1 Å². The Bertz CT molecular complexity index is 623. The van der Waals surface area contributed by atoms with Gasteiger partial charge in [-0.1, -0.05) is 23.5 Å². The van der Waals surface area contributed by atoms with E-state index in [4.69, 9.17) is 0 Å². The Morgan fingerprint density at radius 1 is 1.33 bits per heavy atom. The van der Waals surface area contributed by atoms with Crippen molar-refractivity contribution in [3.05, 3.63) is 41.6 Å². The van der Waals surface area contributed by atoms with E-state index in [9.17, 15) is 4.79 Å². The van der Waals surface area contributed by atoms with Crippen LogP contribution >= 0.6 is 11.3 Å². The molecule has 6 nitrogen and oxygen atoms in total. The normalized spacial score (nSPS) is 17.4. The van der Waals surface area contributed by atoms with Crippen molar-refractivity contribution < 1.29 is 4.79 Å². The minimum Gasteiger partial charge on any atom is -0.367 e. The maximum absolute atomic E-state index is 12.0. The van der Waals surface area contributed by atoms with Crippen molar-refractivity contribution in [1.82, 2.24) is 15.2 Å². The standard InChI is InChI=1S/C14H15N5OS/c20-13(18-14-19-16-9-21-14)10-6-7-12(15-8-10)17-11-4-2-1-3-5-11/h1-2,6-9,11H,3-5H2,(H,15,17)(H,18,19,20). The van der Waals surface area contributed by atoms with Crippen LogP contribution in [0, 0.1) is 0 Å². The van der Waals surface area contributed by atoms with Crippen molar-refractivity contribution in [2.75, 3.05) is 10.6 Å². The molecular formula is C14H15N5OS. The van der Waals surface area contributed by atoms with Crippen molar-refractivity contribution in [2.45, 2.75) is 25.3 Å².